The number of rotatable bonds is 7. The smallest absolute Gasteiger partial charge is 0.0837 e. The Balaban J connectivity index is 2.30. The Kier molecular flexibility index (Phi) is 7.01. The van der Waals surface area contributed by atoms with E-state index in [2.05, 4.69) is 6.92 Å². The zero-order valence-electron chi connectivity index (χ0n) is 10.9. The van der Waals surface area contributed by atoms with E-state index in [-0.39, 0.29) is 12.2 Å². The van der Waals surface area contributed by atoms with Crippen molar-refractivity contribution in [2.75, 3.05) is 27.4 Å². The Labute approximate surface area is 99.5 Å². The maximum absolute atomic E-state index is 5.80. The van der Waals surface area contributed by atoms with Gasteiger partial charge in [0.25, 0.3) is 0 Å². The van der Waals surface area contributed by atoms with E-state index in [4.69, 9.17) is 14.2 Å². The predicted octanol–water partition coefficient (Wildman–Crippen LogP) is 2.63. The fourth-order valence-electron chi connectivity index (χ4n) is 2.58. The average Bonchev–Trinajstić information content (AvgIpc) is 2.31. The summed E-state index contributed by atoms with van der Waals surface area (Å²) >= 11 is 0. The van der Waals surface area contributed by atoms with Crippen molar-refractivity contribution in [3.8, 4) is 0 Å². The van der Waals surface area contributed by atoms with Crippen molar-refractivity contribution in [1.29, 1.82) is 0 Å². The highest BCUT2D eigenvalue weighted by Gasteiger charge is 2.30. The van der Waals surface area contributed by atoms with Crippen molar-refractivity contribution in [1.82, 2.24) is 0 Å². The Morgan fingerprint density at radius 1 is 1.06 bits per heavy atom. The van der Waals surface area contributed by atoms with Crippen molar-refractivity contribution in [3.05, 3.63) is 0 Å². The van der Waals surface area contributed by atoms with Crippen LogP contribution in [0, 0.1) is 5.92 Å². The highest BCUT2D eigenvalue weighted by molar-refractivity contribution is 4.81. The molecule has 1 saturated carbocycles. The average molecular weight is 230 g/mol. The molecule has 16 heavy (non-hydrogen) atoms. The third kappa shape index (κ3) is 4.40. The molecule has 0 aliphatic heterocycles. The zero-order valence-corrected chi connectivity index (χ0v) is 10.9. The van der Waals surface area contributed by atoms with Gasteiger partial charge in [-0.3, -0.25) is 0 Å². The number of methoxy groups -OCH3 is 2. The van der Waals surface area contributed by atoms with Gasteiger partial charge in [-0.15, -0.1) is 0 Å². The molecule has 0 heterocycles. The van der Waals surface area contributed by atoms with Crippen LogP contribution in [0.2, 0.25) is 0 Å². The van der Waals surface area contributed by atoms with E-state index in [1.54, 1.807) is 14.2 Å². The summed E-state index contributed by atoms with van der Waals surface area (Å²) in [5, 5.41) is 0. The maximum Gasteiger partial charge on any atom is 0.0837 e. The molecule has 0 aromatic rings. The van der Waals surface area contributed by atoms with Crippen molar-refractivity contribution >= 4 is 0 Å². The molecule has 0 aromatic carbocycles. The van der Waals surface area contributed by atoms with Crippen LogP contribution in [0.3, 0.4) is 0 Å². The Bertz CT molecular complexity index is 173. The molecule has 0 bridgehead atoms. The third-order valence-electron chi connectivity index (χ3n) is 3.46. The van der Waals surface area contributed by atoms with E-state index in [0.29, 0.717) is 13.2 Å². The van der Waals surface area contributed by atoms with Crippen LogP contribution in [-0.4, -0.2) is 39.6 Å². The fourth-order valence-corrected chi connectivity index (χ4v) is 2.58. The van der Waals surface area contributed by atoms with Crippen LogP contribution < -0.4 is 0 Å². The summed E-state index contributed by atoms with van der Waals surface area (Å²) < 4.78 is 16.3. The van der Waals surface area contributed by atoms with Gasteiger partial charge in [0.05, 0.1) is 25.4 Å². The van der Waals surface area contributed by atoms with Crippen LogP contribution in [0.25, 0.3) is 0 Å². The molecule has 0 N–H and O–H groups in total. The van der Waals surface area contributed by atoms with Gasteiger partial charge in [-0.05, 0) is 25.2 Å². The molecule has 3 nitrogen and oxygen atoms in total. The van der Waals surface area contributed by atoms with Crippen LogP contribution in [0.5, 0.6) is 0 Å². The van der Waals surface area contributed by atoms with Crippen molar-refractivity contribution < 1.29 is 14.2 Å². The minimum Gasteiger partial charge on any atom is -0.382 e. The Morgan fingerprint density at radius 2 is 1.88 bits per heavy atom. The molecule has 0 spiro atoms. The lowest BCUT2D eigenvalue weighted by Crippen LogP contribution is -2.38. The number of hydrogen-bond donors (Lipinski definition) is 0. The molecule has 0 unspecified atom stereocenters. The van der Waals surface area contributed by atoms with E-state index in [9.17, 15) is 0 Å². The second-order valence-electron chi connectivity index (χ2n) is 4.64. The summed E-state index contributed by atoms with van der Waals surface area (Å²) in [7, 11) is 3.50. The van der Waals surface area contributed by atoms with Gasteiger partial charge >= 0.3 is 0 Å². The van der Waals surface area contributed by atoms with E-state index in [1.807, 2.05) is 0 Å². The molecule has 3 atom stereocenters. The first-order chi connectivity index (χ1) is 7.81. The summed E-state index contributed by atoms with van der Waals surface area (Å²) in [4.78, 5) is 0. The predicted molar refractivity (Wildman–Crippen MR) is 64.7 cm³/mol. The monoisotopic (exact) mass is 230 g/mol. The molecule has 3 heteroatoms. The normalized spacial score (nSPS) is 30.6. The summed E-state index contributed by atoms with van der Waals surface area (Å²) in [6.45, 7) is 3.60. The van der Waals surface area contributed by atoms with Gasteiger partial charge in [-0.25, -0.2) is 0 Å². The molecular weight excluding hydrogens is 204 g/mol. The fraction of sp³-hybridized carbons (Fsp3) is 1.00. The lowest BCUT2D eigenvalue weighted by molar-refractivity contribution is -0.0959. The maximum atomic E-state index is 5.80. The quantitative estimate of drug-likeness (QED) is 0.629. The van der Waals surface area contributed by atoms with Gasteiger partial charge < -0.3 is 14.2 Å². The SMILES string of the molecule is CCC[C@H]1CC[C@@H](OCCOC)[C@H](OC)C1. The van der Waals surface area contributed by atoms with Gasteiger partial charge in [0.15, 0.2) is 0 Å². The highest BCUT2D eigenvalue weighted by atomic mass is 16.5. The first-order valence-corrected chi connectivity index (χ1v) is 6.45. The first-order valence-electron chi connectivity index (χ1n) is 6.45. The van der Waals surface area contributed by atoms with Crippen molar-refractivity contribution in [2.24, 2.45) is 5.92 Å². The molecular formula is C13H26O3. The number of hydrogen-bond acceptors (Lipinski definition) is 3. The molecule has 1 rings (SSSR count). The summed E-state index contributed by atoms with van der Waals surface area (Å²) in [6, 6.07) is 0. The second-order valence-corrected chi connectivity index (χ2v) is 4.64. The molecule has 1 fully saturated rings. The van der Waals surface area contributed by atoms with Gasteiger partial charge in [-0.2, -0.15) is 0 Å². The number of ether oxygens (including phenoxy) is 3. The lowest BCUT2D eigenvalue weighted by Gasteiger charge is -2.35. The summed E-state index contributed by atoms with van der Waals surface area (Å²) in [6.07, 6.45) is 6.72. The molecule has 96 valence electrons. The zero-order chi connectivity index (χ0) is 11.8. The third-order valence-corrected chi connectivity index (χ3v) is 3.46. The van der Waals surface area contributed by atoms with Crippen molar-refractivity contribution in [2.45, 2.75) is 51.2 Å². The standard InChI is InChI=1S/C13H26O3/c1-4-5-11-6-7-12(13(10-11)15-3)16-9-8-14-2/h11-13H,4-10H2,1-3H3/t11-,12+,13+/m0/s1. The van der Waals surface area contributed by atoms with Crippen molar-refractivity contribution in [3.63, 3.8) is 0 Å². The van der Waals surface area contributed by atoms with Crippen LogP contribution in [0.15, 0.2) is 0 Å². The Hall–Kier alpha value is -0.120. The van der Waals surface area contributed by atoms with E-state index >= 15 is 0 Å². The van der Waals surface area contributed by atoms with E-state index in [1.165, 1.54) is 19.3 Å². The summed E-state index contributed by atoms with van der Waals surface area (Å²) in [5.74, 6) is 0.831. The van der Waals surface area contributed by atoms with Crippen LogP contribution in [0.1, 0.15) is 39.0 Å². The second kappa shape index (κ2) is 8.04. The molecule has 0 aromatic heterocycles. The highest BCUT2D eigenvalue weighted by Crippen LogP contribution is 2.31. The summed E-state index contributed by atoms with van der Waals surface area (Å²) in [5.41, 5.74) is 0. The minimum atomic E-state index is 0.272. The molecule has 1 aliphatic rings. The molecule has 0 radical (unpaired) electrons. The topological polar surface area (TPSA) is 27.7 Å². The Morgan fingerprint density at radius 3 is 2.50 bits per heavy atom. The van der Waals surface area contributed by atoms with E-state index < -0.39 is 0 Å². The van der Waals surface area contributed by atoms with Crippen LogP contribution in [0.4, 0.5) is 0 Å². The van der Waals surface area contributed by atoms with E-state index in [0.717, 1.165) is 18.8 Å². The first kappa shape index (κ1) is 13.9. The van der Waals surface area contributed by atoms with Crippen LogP contribution in [-0.2, 0) is 14.2 Å². The van der Waals surface area contributed by atoms with Gasteiger partial charge in [0.1, 0.15) is 0 Å². The largest absolute Gasteiger partial charge is 0.382 e. The lowest BCUT2D eigenvalue weighted by atomic mass is 9.83. The molecule has 0 saturated heterocycles. The minimum absolute atomic E-state index is 0.272. The van der Waals surface area contributed by atoms with Gasteiger partial charge in [0.2, 0.25) is 0 Å². The van der Waals surface area contributed by atoms with Crippen LogP contribution >= 0.6 is 0 Å². The molecule has 1 aliphatic carbocycles. The van der Waals surface area contributed by atoms with Gasteiger partial charge in [-0.1, -0.05) is 19.8 Å². The molecule has 0 amide bonds. The van der Waals surface area contributed by atoms with Gasteiger partial charge in [0, 0.05) is 14.2 Å².